The minimum absolute atomic E-state index is 0.340. The number of carbonyl (C=O) groups is 1. The first-order valence-corrected chi connectivity index (χ1v) is 14.6. The van der Waals surface area contributed by atoms with Gasteiger partial charge in [0.2, 0.25) is 5.95 Å². The van der Waals surface area contributed by atoms with Crippen molar-refractivity contribution in [1.82, 2.24) is 9.55 Å². The zero-order valence-electron chi connectivity index (χ0n) is 20.9. The molecule has 0 fully saturated rings. The maximum Gasteiger partial charge on any atom is 0.333 e. The predicted molar refractivity (Wildman–Crippen MR) is 163 cm³/mol. The van der Waals surface area contributed by atoms with Gasteiger partial charge in [-0.2, -0.15) is 0 Å². The Balaban J connectivity index is 1.66. The van der Waals surface area contributed by atoms with Gasteiger partial charge in [0.15, 0.2) is 0 Å². The maximum absolute atomic E-state index is 13.8. The maximum atomic E-state index is 13.8. The molecule has 7 heteroatoms. The normalized spacial score (nSPS) is 11.3. The summed E-state index contributed by atoms with van der Waals surface area (Å²) < 4.78 is 7.06. The van der Waals surface area contributed by atoms with E-state index in [0.29, 0.717) is 27.7 Å². The van der Waals surface area contributed by atoms with Crippen molar-refractivity contribution >= 4 is 63.3 Å². The van der Waals surface area contributed by atoms with E-state index in [-0.39, 0.29) is 6.03 Å². The molecule has 0 spiro atoms. The van der Waals surface area contributed by atoms with Crippen molar-refractivity contribution in [3.63, 3.8) is 0 Å². The number of amides is 1. The second kappa shape index (κ2) is 10.7. The van der Waals surface area contributed by atoms with Gasteiger partial charge in [0, 0.05) is 26.6 Å². The fourth-order valence-electron chi connectivity index (χ4n) is 4.68. The number of aromatic nitrogens is 2. The van der Waals surface area contributed by atoms with Crippen molar-refractivity contribution in [3.8, 4) is 0 Å². The second-order valence-electron chi connectivity index (χ2n) is 8.92. The fraction of sp³-hybridized carbons (Fsp3) is 0. The van der Waals surface area contributed by atoms with Crippen molar-refractivity contribution in [1.29, 1.82) is 0 Å². The molecule has 0 aliphatic rings. The first-order chi connectivity index (χ1) is 19.1. The molecule has 5 nitrogen and oxygen atoms in total. The molecule has 0 saturated carbocycles. The van der Waals surface area contributed by atoms with E-state index in [1.807, 2.05) is 78.9 Å². The van der Waals surface area contributed by atoms with E-state index in [2.05, 4.69) is 41.7 Å². The Kier molecular flexibility index (Phi) is 6.85. The Morgan fingerprint density at radius 2 is 1.15 bits per heavy atom. The van der Waals surface area contributed by atoms with E-state index in [4.69, 9.17) is 21.3 Å². The Morgan fingerprint density at radius 1 is 0.667 bits per heavy atom. The number of halogens is 1. The SMILES string of the molecule is O=C(Nc1ccc(Cl)cc1)n1c(N=P(c2ccccc2)(c2ccccc2)c2ccccc2)nc2ccccc21. The molecule has 5 aromatic carbocycles. The van der Waals surface area contributed by atoms with Crippen LogP contribution in [0.15, 0.2) is 144 Å². The topological polar surface area (TPSA) is 59.3 Å². The van der Waals surface area contributed by atoms with E-state index in [0.717, 1.165) is 15.9 Å². The molecule has 0 atom stereocenters. The lowest BCUT2D eigenvalue weighted by atomic mass is 10.3. The first kappa shape index (κ1) is 24.9. The molecule has 1 heterocycles. The molecule has 0 radical (unpaired) electrons. The van der Waals surface area contributed by atoms with Crippen LogP contribution in [0.3, 0.4) is 0 Å². The van der Waals surface area contributed by atoms with Gasteiger partial charge in [-0.05, 0) is 36.4 Å². The van der Waals surface area contributed by atoms with E-state index < -0.39 is 7.05 Å². The summed E-state index contributed by atoms with van der Waals surface area (Å²) in [5, 5.41) is 6.79. The van der Waals surface area contributed by atoms with Crippen molar-refractivity contribution in [2.75, 3.05) is 5.32 Å². The number of hydrogen-bond donors (Lipinski definition) is 1. The van der Waals surface area contributed by atoms with E-state index >= 15 is 0 Å². The van der Waals surface area contributed by atoms with Crippen LogP contribution in [0.25, 0.3) is 11.0 Å². The third-order valence-electron chi connectivity index (χ3n) is 6.47. The minimum atomic E-state index is -2.64. The van der Waals surface area contributed by atoms with Crippen LogP contribution in [0.1, 0.15) is 0 Å². The third-order valence-corrected chi connectivity index (χ3v) is 10.3. The highest BCUT2D eigenvalue weighted by atomic mass is 35.5. The minimum Gasteiger partial charge on any atom is -0.307 e. The molecule has 6 rings (SSSR count). The molecule has 0 aliphatic carbocycles. The van der Waals surface area contributed by atoms with Gasteiger partial charge in [-0.1, -0.05) is 115 Å². The zero-order valence-corrected chi connectivity index (χ0v) is 22.5. The number of rotatable bonds is 5. The van der Waals surface area contributed by atoms with E-state index in [9.17, 15) is 4.79 Å². The average Bonchev–Trinajstić information content (AvgIpc) is 3.36. The summed E-state index contributed by atoms with van der Waals surface area (Å²) in [4.78, 5) is 18.7. The molecule has 0 saturated heterocycles. The molecule has 0 aliphatic heterocycles. The highest BCUT2D eigenvalue weighted by Crippen LogP contribution is 2.49. The smallest absolute Gasteiger partial charge is 0.307 e. The van der Waals surface area contributed by atoms with Gasteiger partial charge < -0.3 is 5.32 Å². The van der Waals surface area contributed by atoms with Gasteiger partial charge in [-0.15, -0.1) is 0 Å². The summed E-state index contributed by atoms with van der Waals surface area (Å²) in [6, 6.07) is 45.1. The van der Waals surface area contributed by atoms with Crippen molar-refractivity contribution in [2.45, 2.75) is 0 Å². The molecule has 39 heavy (non-hydrogen) atoms. The summed E-state index contributed by atoms with van der Waals surface area (Å²) in [5.74, 6) is 0.340. The molecule has 0 bridgehead atoms. The Labute approximate surface area is 231 Å². The standard InChI is InChI=1S/C32H24ClN4OP/c33-24-20-22-25(23-21-24)34-32(38)37-30-19-11-10-18-29(30)35-31(37)36-39(26-12-4-1-5-13-26,27-14-6-2-7-15-27)28-16-8-3-9-17-28/h1-23H,(H,34,38). The first-order valence-electron chi connectivity index (χ1n) is 12.5. The number of fused-ring (bicyclic) bond motifs is 1. The van der Waals surface area contributed by atoms with Crippen LogP contribution < -0.4 is 21.2 Å². The van der Waals surface area contributed by atoms with E-state index in [1.165, 1.54) is 0 Å². The van der Waals surface area contributed by atoms with Crippen LogP contribution in [-0.4, -0.2) is 15.6 Å². The lowest BCUT2D eigenvalue weighted by Gasteiger charge is -2.26. The Hall–Kier alpha value is -4.44. The van der Waals surface area contributed by atoms with Crippen LogP contribution in [0.5, 0.6) is 0 Å². The van der Waals surface area contributed by atoms with Crippen molar-refractivity contribution < 1.29 is 4.79 Å². The van der Waals surface area contributed by atoms with Crippen molar-refractivity contribution in [3.05, 3.63) is 145 Å². The second-order valence-corrected chi connectivity index (χ2v) is 12.4. The number of hydrogen-bond acceptors (Lipinski definition) is 3. The molecular weight excluding hydrogens is 523 g/mol. The number of imidazole rings is 1. The lowest BCUT2D eigenvalue weighted by molar-refractivity contribution is 0.254. The highest BCUT2D eigenvalue weighted by molar-refractivity contribution is 7.87. The number of para-hydroxylation sites is 2. The summed E-state index contributed by atoms with van der Waals surface area (Å²) in [6.45, 7) is 0. The van der Waals surface area contributed by atoms with Crippen LogP contribution in [0.2, 0.25) is 5.02 Å². The summed E-state index contributed by atoms with van der Waals surface area (Å²) in [5.41, 5.74) is 1.99. The fourth-order valence-corrected chi connectivity index (χ4v) is 8.26. The average molecular weight is 547 g/mol. The number of benzene rings is 5. The Bertz CT molecular complexity index is 1700. The monoisotopic (exact) mass is 546 g/mol. The van der Waals surface area contributed by atoms with Crippen molar-refractivity contribution in [2.24, 2.45) is 4.74 Å². The lowest BCUT2D eigenvalue weighted by Crippen LogP contribution is -2.25. The van der Waals surface area contributed by atoms with Gasteiger partial charge in [-0.25, -0.2) is 19.1 Å². The third kappa shape index (κ3) is 4.79. The number of carbonyl (C=O) groups excluding carboxylic acids is 1. The summed E-state index contributed by atoms with van der Waals surface area (Å²) in [6.07, 6.45) is 0. The molecule has 1 amide bonds. The number of nitrogens with one attached hydrogen (secondary N) is 1. The van der Waals surface area contributed by atoms with Gasteiger partial charge in [0.05, 0.1) is 18.1 Å². The van der Waals surface area contributed by atoms with Crippen LogP contribution >= 0.6 is 18.7 Å². The van der Waals surface area contributed by atoms with Gasteiger partial charge in [-0.3, -0.25) is 0 Å². The number of anilines is 1. The molecule has 1 aromatic heterocycles. The highest BCUT2D eigenvalue weighted by Gasteiger charge is 2.29. The molecule has 190 valence electrons. The van der Waals surface area contributed by atoms with Gasteiger partial charge >= 0.3 is 6.03 Å². The molecule has 6 aromatic rings. The van der Waals surface area contributed by atoms with Crippen LogP contribution in [-0.2, 0) is 0 Å². The van der Waals surface area contributed by atoms with Crippen LogP contribution in [0, 0.1) is 0 Å². The molecular formula is C32H24ClN4OP. The van der Waals surface area contributed by atoms with E-state index in [1.54, 1.807) is 28.8 Å². The molecule has 0 unspecified atom stereocenters. The Morgan fingerprint density at radius 3 is 1.69 bits per heavy atom. The quantitative estimate of drug-likeness (QED) is 0.227. The largest absolute Gasteiger partial charge is 0.333 e. The summed E-state index contributed by atoms with van der Waals surface area (Å²) >= 11 is 6.06. The van der Waals surface area contributed by atoms with Gasteiger partial charge in [0.25, 0.3) is 0 Å². The summed E-state index contributed by atoms with van der Waals surface area (Å²) in [7, 11) is -2.64. The number of nitrogens with zero attached hydrogens (tertiary/aromatic N) is 3. The van der Waals surface area contributed by atoms with Gasteiger partial charge in [0.1, 0.15) is 0 Å². The molecule has 1 N–H and O–H groups in total. The predicted octanol–water partition coefficient (Wildman–Crippen LogP) is 7.58. The zero-order chi connectivity index (χ0) is 26.7. The van der Waals surface area contributed by atoms with Crippen LogP contribution in [0.4, 0.5) is 16.4 Å².